The Bertz CT molecular complexity index is 914. The highest BCUT2D eigenvalue weighted by molar-refractivity contribution is 7.90. The van der Waals surface area contributed by atoms with Gasteiger partial charge in [0.2, 0.25) is 0 Å². The molecule has 0 atom stereocenters. The first kappa shape index (κ1) is 13.5. The second-order valence-electron chi connectivity index (χ2n) is 4.22. The molecule has 0 radical (unpaired) electrons. The summed E-state index contributed by atoms with van der Waals surface area (Å²) >= 11 is 6.99. The Kier molecular flexibility index (Phi) is 3.03. The van der Waals surface area contributed by atoms with Gasteiger partial charge in [-0.25, -0.2) is 0 Å². The number of benzene rings is 1. The first-order valence-electron chi connectivity index (χ1n) is 5.61. The summed E-state index contributed by atoms with van der Waals surface area (Å²) in [5, 5.41) is 4.35. The molecule has 3 aromatic rings. The zero-order chi connectivity index (χ0) is 14.5. The van der Waals surface area contributed by atoms with Crippen LogP contribution in [0, 0.1) is 13.8 Å². The molecule has 0 spiro atoms. The second kappa shape index (κ2) is 4.51. The van der Waals surface area contributed by atoms with Gasteiger partial charge >= 0.3 is 0 Å². The van der Waals surface area contributed by atoms with E-state index in [1.54, 1.807) is 26.0 Å². The van der Waals surface area contributed by atoms with E-state index in [-0.39, 0.29) is 4.90 Å². The van der Waals surface area contributed by atoms with Crippen molar-refractivity contribution in [1.82, 2.24) is 17.9 Å². The van der Waals surface area contributed by atoms with Gasteiger partial charge in [-0.3, -0.25) is 0 Å². The fourth-order valence-electron chi connectivity index (χ4n) is 1.92. The van der Waals surface area contributed by atoms with Gasteiger partial charge in [0.15, 0.2) is 0 Å². The molecular weight excluding hydrogens is 320 g/mol. The summed E-state index contributed by atoms with van der Waals surface area (Å²) in [6.45, 7) is 3.27. The van der Waals surface area contributed by atoms with Crippen molar-refractivity contribution in [3.8, 4) is 0 Å². The zero-order valence-electron chi connectivity index (χ0n) is 10.5. The van der Waals surface area contributed by atoms with Gasteiger partial charge in [0, 0.05) is 0 Å². The molecule has 2 heterocycles. The van der Waals surface area contributed by atoms with E-state index in [4.69, 9.17) is 11.6 Å². The van der Waals surface area contributed by atoms with Gasteiger partial charge in [0.1, 0.15) is 15.9 Å². The van der Waals surface area contributed by atoms with E-state index < -0.39 is 10.0 Å². The molecule has 0 saturated heterocycles. The first-order valence-corrected chi connectivity index (χ1v) is 8.16. The van der Waals surface area contributed by atoms with E-state index in [1.807, 2.05) is 0 Å². The summed E-state index contributed by atoms with van der Waals surface area (Å²) in [5.41, 5.74) is 1.74. The maximum Gasteiger partial charge on any atom is 0.285 e. The van der Waals surface area contributed by atoms with Gasteiger partial charge in [0.25, 0.3) is 10.0 Å². The Balaban J connectivity index is 2.32. The molecule has 2 aromatic heterocycles. The molecule has 0 fully saturated rings. The number of hydrogen-bond acceptors (Lipinski definition) is 6. The second-order valence-corrected chi connectivity index (χ2v) is 6.86. The zero-order valence-corrected chi connectivity index (χ0v) is 12.9. The summed E-state index contributed by atoms with van der Waals surface area (Å²) < 4.78 is 34.5. The summed E-state index contributed by atoms with van der Waals surface area (Å²) in [4.78, 5) is 0.0750. The van der Waals surface area contributed by atoms with Crippen LogP contribution < -0.4 is 0 Å². The highest BCUT2D eigenvalue weighted by Gasteiger charge is 2.26. The molecule has 3 rings (SSSR count). The summed E-state index contributed by atoms with van der Waals surface area (Å²) in [6.07, 6.45) is 0. The average molecular weight is 329 g/mol. The summed E-state index contributed by atoms with van der Waals surface area (Å²) in [7, 11) is -3.84. The number of aryl methyl sites for hydroxylation is 1. The van der Waals surface area contributed by atoms with Crippen LogP contribution >= 0.6 is 23.3 Å². The Morgan fingerprint density at radius 2 is 2.00 bits per heavy atom. The quantitative estimate of drug-likeness (QED) is 0.721. The van der Waals surface area contributed by atoms with Crippen molar-refractivity contribution in [2.24, 2.45) is 0 Å². The van der Waals surface area contributed by atoms with Crippen LogP contribution in [-0.2, 0) is 10.0 Å². The number of aromatic nitrogens is 4. The molecule has 0 unspecified atom stereocenters. The highest BCUT2D eigenvalue weighted by Crippen LogP contribution is 2.27. The molecule has 1 aromatic carbocycles. The smallest absolute Gasteiger partial charge is 0.199 e. The van der Waals surface area contributed by atoms with Gasteiger partial charge in [-0.05, 0) is 26.0 Å². The molecule has 104 valence electrons. The Morgan fingerprint density at radius 3 is 2.65 bits per heavy atom. The first-order chi connectivity index (χ1) is 9.43. The van der Waals surface area contributed by atoms with Crippen molar-refractivity contribution in [2.75, 3.05) is 0 Å². The van der Waals surface area contributed by atoms with E-state index in [9.17, 15) is 8.42 Å². The molecule has 0 saturated carbocycles. The average Bonchev–Trinajstić information content (AvgIpc) is 2.99. The van der Waals surface area contributed by atoms with Gasteiger partial charge in [-0.2, -0.15) is 26.4 Å². The van der Waals surface area contributed by atoms with Crippen molar-refractivity contribution < 1.29 is 8.42 Å². The SMILES string of the molecule is Cc1nn(S(=O)(=O)c2cccc3nsnc23)c(C)c1Cl. The summed E-state index contributed by atoms with van der Waals surface area (Å²) in [6, 6.07) is 4.83. The van der Waals surface area contributed by atoms with Gasteiger partial charge in [-0.15, -0.1) is 0 Å². The molecule has 0 N–H and O–H groups in total. The molecule has 9 heteroatoms. The van der Waals surface area contributed by atoms with Crippen molar-refractivity contribution in [2.45, 2.75) is 18.7 Å². The van der Waals surface area contributed by atoms with Crippen molar-refractivity contribution >= 4 is 44.4 Å². The third kappa shape index (κ3) is 1.83. The number of rotatable bonds is 2. The van der Waals surface area contributed by atoms with Crippen LogP contribution in [0.4, 0.5) is 0 Å². The standard InChI is InChI=1S/C11H9ClN4O2S2/c1-6-10(12)7(2)16(13-6)20(17,18)9-5-3-4-8-11(9)15-19-14-8/h3-5H,1-2H3. The van der Waals surface area contributed by atoms with E-state index in [2.05, 4.69) is 13.8 Å². The maximum atomic E-state index is 12.7. The summed E-state index contributed by atoms with van der Waals surface area (Å²) in [5.74, 6) is 0. The predicted octanol–water partition coefficient (Wildman–Crippen LogP) is 2.40. The minimum atomic E-state index is -3.84. The lowest BCUT2D eigenvalue weighted by Crippen LogP contribution is -2.16. The lowest BCUT2D eigenvalue weighted by molar-refractivity contribution is 0.578. The molecule has 6 nitrogen and oxygen atoms in total. The van der Waals surface area contributed by atoms with E-state index in [0.29, 0.717) is 27.4 Å². The largest absolute Gasteiger partial charge is 0.285 e. The van der Waals surface area contributed by atoms with E-state index in [1.165, 1.54) is 6.07 Å². The molecule has 20 heavy (non-hydrogen) atoms. The van der Waals surface area contributed by atoms with Crippen LogP contribution in [0.25, 0.3) is 11.0 Å². The van der Waals surface area contributed by atoms with Crippen LogP contribution in [-0.4, -0.2) is 26.4 Å². The number of nitrogens with zero attached hydrogens (tertiary/aromatic N) is 4. The van der Waals surface area contributed by atoms with Gasteiger partial charge in [-0.1, -0.05) is 17.7 Å². The number of halogens is 1. The highest BCUT2D eigenvalue weighted by atomic mass is 35.5. The lowest BCUT2D eigenvalue weighted by atomic mass is 10.3. The van der Waals surface area contributed by atoms with Crippen LogP contribution in [0.3, 0.4) is 0 Å². The maximum absolute atomic E-state index is 12.7. The fourth-order valence-corrected chi connectivity index (χ4v) is 4.21. The van der Waals surface area contributed by atoms with Crippen molar-refractivity contribution in [3.05, 3.63) is 34.6 Å². The predicted molar refractivity (Wildman–Crippen MR) is 76.7 cm³/mol. The van der Waals surface area contributed by atoms with Crippen molar-refractivity contribution in [3.63, 3.8) is 0 Å². The topological polar surface area (TPSA) is 77.7 Å². The Hall–Kier alpha value is -1.51. The number of hydrogen-bond donors (Lipinski definition) is 0. The molecule has 0 bridgehead atoms. The van der Waals surface area contributed by atoms with Crippen LogP contribution in [0.5, 0.6) is 0 Å². The fraction of sp³-hybridized carbons (Fsp3) is 0.182. The molecule has 0 aliphatic carbocycles. The Morgan fingerprint density at radius 1 is 1.25 bits per heavy atom. The van der Waals surface area contributed by atoms with Gasteiger partial charge in [0.05, 0.1) is 28.1 Å². The van der Waals surface area contributed by atoms with Crippen LogP contribution in [0.1, 0.15) is 11.4 Å². The normalized spacial score (nSPS) is 12.2. The number of fused-ring (bicyclic) bond motifs is 1. The van der Waals surface area contributed by atoms with Crippen LogP contribution in [0.2, 0.25) is 5.02 Å². The monoisotopic (exact) mass is 328 g/mol. The van der Waals surface area contributed by atoms with E-state index >= 15 is 0 Å². The molecule has 0 aliphatic rings. The van der Waals surface area contributed by atoms with E-state index in [0.717, 1.165) is 15.8 Å². The minimum absolute atomic E-state index is 0.0750. The Labute approximate surface area is 124 Å². The lowest BCUT2D eigenvalue weighted by Gasteiger charge is -2.06. The van der Waals surface area contributed by atoms with Gasteiger partial charge < -0.3 is 0 Å². The molecule has 0 aliphatic heterocycles. The minimum Gasteiger partial charge on any atom is -0.199 e. The molecular formula is C11H9ClN4O2S2. The molecule has 0 amide bonds. The van der Waals surface area contributed by atoms with Crippen LogP contribution in [0.15, 0.2) is 23.1 Å². The van der Waals surface area contributed by atoms with Crippen molar-refractivity contribution in [1.29, 1.82) is 0 Å². The third-order valence-corrected chi connectivity index (χ3v) is 5.70. The third-order valence-electron chi connectivity index (χ3n) is 2.92.